The van der Waals surface area contributed by atoms with E-state index in [0.717, 1.165) is 43.2 Å². The largest absolute Gasteiger partial charge is 0.494 e. The van der Waals surface area contributed by atoms with E-state index in [-0.39, 0.29) is 36.4 Å². The first-order chi connectivity index (χ1) is 21.9. The van der Waals surface area contributed by atoms with Gasteiger partial charge in [0.15, 0.2) is 0 Å². The van der Waals surface area contributed by atoms with Gasteiger partial charge in [-0.3, -0.25) is 24.4 Å². The Hall–Kier alpha value is -4.51. The van der Waals surface area contributed by atoms with Gasteiger partial charge < -0.3 is 14.4 Å². The molecule has 0 bridgehead atoms. The number of hydrogen-bond acceptors (Lipinski definition) is 8. The SMILES string of the molecule is O=C(CCCCCOc1ccc(C(=O)N/N=C/c2ccc(CN3C(=O)CC/C=C/CCC(=O)O[C@H]4CCC[C@@H]43)cc2)cc1)NO. The Balaban J connectivity index is 1.25. The molecule has 1 aliphatic heterocycles. The molecule has 0 spiro atoms. The molecule has 11 heteroatoms. The molecule has 0 saturated heterocycles. The van der Waals surface area contributed by atoms with Crippen LogP contribution in [0.5, 0.6) is 5.75 Å². The molecule has 240 valence electrons. The minimum absolute atomic E-state index is 0.0584. The maximum Gasteiger partial charge on any atom is 0.306 e. The van der Waals surface area contributed by atoms with Gasteiger partial charge in [0.05, 0.1) is 18.9 Å². The molecular weight excluding hydrogens is 576 g/mol. The lowest BCUT2D eigenvalue weighted by Gasteiger charge is -2.33. The lowest BCUT2D eigenvalue weighted by molar-refractivity contribution is -0.154. The molecule has 45 heavy (non-hydrogen) atoms. The molecule has 2 aromatic rings. The second-order valence-electron chi connectivity index (χ2n) is 11.3. The number of hydrogen-bond donors (Lipinski definition) is 3. The van der Waals surface area contributed by atoms with Crippen molar-refractivity contribution in [2.24, 2.45) is 5.10 Å². The van der Waals surface area contributed by atoms with E-state index in [0.29, 0.717) is 56.6 Å². The van der Waals surface area contributed by atoms with Crippen LogP contribution in [0.1, 0.15) is 92.1 Å². The first-order valence-corrected chi connectivity index (χ1v) is 15.6. The summed E-state index contributed by atoms with van der Waals surface area (Å²) >= 11 is 0. The molecule has 11 nitrogen and oxygen atoms in total. The van der Waals surface area contributed by atoms with Crippen molar-refractivity contribution in [1.82, 2.24) is 15.8 Å². The normalized spacial score (nSPS) is 19.6. The highest BCUT2D eigenvalue weighted by Crippen LogP contribution is 2.30. The second kappa shape index (κ2) is 17.7. The predicted molar refractivity (Wildman–Crippen MR) is 168 cm³/mol. The van der Waals surface area contributed by atoms with Crippen molar-refractivity contribution < 1.29 is 33.9 Å². The Labute approximate surface area is 263 Å². The highest BCUT2D eigenvalue weighted by Gasteiger charge is 2.37. The molecule has 1 heterocycles. The van der Waals surface area contributed by atoms with E-state index in [1.165, 1.54) is 0 Å². The number of hydroxylamine groups is 1. The number of esters is 1. The van der Waals surface area contributed by atoms with Gasteiger partial charge >= 0.3 is 5.97 Å². The van der Waals surface area contributed by atoms with Gasteiger partial charge in [-0.05, 0) is 86.8 Å². The highest BCUT2D eigenvalue weighted by atomic mass is 16.5. The average Bonchev–Trinajstić information content (AvgIpc) is 3.50. The van der Waals surface area contributed by atoms with Crippen LogP contribution in [0.4, 0.5) is 0 Å². The van der Waals surface area contributed by atoms with Gasteiger partial charge in [-0.1, -0.05) is 36.4 Å². The summed E-state index contributed by atoms with van der Waals surface area (Å²) in [5.74, 6) is -0.263. The third-order valence-electron chi connectivity index (χ3n) is 7.90. The fourth-order valence-electron chi connectivity index (χ4n) is 5.45. The first kappa shape index (κ1) is 33.4. The number of fused-ring (bicyclic) bond motifs is 1. The topological polar surface area (TPSA) is 147 Å². The molecule has 2 atom stereocenters. The van der Waals surface area contributed by atoms with Crippen LogP contribution in [0.3, 0.4) is 0 Å². The quantitative estimate of drug-likeness (QED) is 0.0772. The van der Waals surface area contributed by atoms with E-state index in [9.17, 15) is 19.2 Å². The third kappa shape index (κ3) is 10.9. The Morgan fingerprint density at radius 2 is 1.73 bits per heavy atom. The number of benzene rings is 2. The summed E-state index contributed by atoms with van der Waals surface area (Å²) in [5, 5.41) is 12.6. The monoisotopic (exact) mass is 618 g/mol. The van der Waals surface area contributed by atoms with E-state index in [2.05, 4.69) is 10.5 Å². The number of unbranched alkanes of at least 4 members (excludes halogenated alkanes) is 2. The van der Waals surface area contributed by atoms with Gasteiger partial charge in [0.1, 0.15) is 11.9 Å². The second-order valence-corrected chi connectivity index (χ2v) is 11.3. The van der Waals surface area contributed by atoms with E-state index in [1.54, 1.807) is 36.0 Å². The van der Waals surface area contributed by atoms with Crippen LogP contribution in [0.2, 0.25) is 0 Å². The molecule has 0 unspecified atom stereocenters. The minimum Gasteiger partial charge on any atom is -0.494 e. The summed E-state index contributed by atoms with van der Waals surface area (Å²) in [6.07, 6.45) is 12.3. The lowest BCUT2D eigenvalue weighted by Crippen LogP contribution is -2.45. The Kier molecular flexibility index (Phi) is 13.1. The standard InChI is InChI=1S/C34H42N4O7/c39-31(37-43)11-4-3-7-22-44-28-20-18-27(19-21-28)34(42)36-35-23-25-14-16-26(17-15-25)24-38-29-9-8-10-30(29)45-33(41)13-6-2-1-5-12-32(38)40/h1-2,14-21,23,29-30,43H,3-13,22,24H2,(H,36,42)(H,37,39)/b2-1+,35-23+/t29-,30-/m0/s1. The number of ether oxygens (including phenoxy) is 2. The lowest BCUT2D eigenvalue weighted by atomic mass is 10.1. The maximum absolute atomic E-state index is 13.2. The number of nitrogens with one attached hydrogen (secondary N) is 2. The van der Waals surface area contributed by atoms with Crippen molar-refractivity contribution in [3.05, 3.63) is 77.4 Å². The molecule has 2 aliphatic rings. The van der Waals surface area contributed by atoms with Crippen LogP contribution in [0.15, 0.2) is 65.8 Å². The first-order valence-electron chi connectivity index (χ1n) is 15.6. The summed E-state index contributed by atoms with van der Waals surface area (Å²) in [5.41, 5.74) is 6.33. The summed E-state index contributed by atoms with van der Waals surface area (Å²) in [7, 11) is 0. The number of hydrazone groups is 1. The third-order valence-corrected chi connectivity index (χ3v) is 7.90. The van der Waals surface area contributed by atoms with Gasteiger partial charge in [0.2, 0.25) is 11.8 Å². The predicted octanol–water partition coefficient (Wildman–Crippen LogP) is 4.82. The van der Waals surface area contributed by atoms with Gasteiger partial charge in [-0.25, -0.2) is 10.9 Å². The van der Waals surface area contributed by atoms with Crippen LogP contribution in [-0.2, 0) is 25.7 Å². The van der Waals surface area contributed by atoms with E-state index < -0.39 is 5.91 Å². The molecule has 3 amide bonds. The molecular formula is C34H42N4O7. The zero-order valence-electron chi connectivity index (χ0n) is 25.5. The van der Waals surface area contributed by atoms with Gasteiger partial charge in [0.25, 0.3) is 5.91 Å². The van der Waals surface area contributed by atoms with Crippen molar-refractivity contribution in [2.45, 2.75) is 89.3 Å². The fraction of sp³-hybridized carbons (Fsp3) is 0.441. The molecule has 3 N–H and O–H groups in total. The molecule has 0 radical (unpaired) electrons. The number of allylic oxidation sites excluding steroid dienone is 2. The molecule has 4 rings (SSSR count). The van der Waals surface area contributed by atoms with Crippen LogP contribution in [-0.4, -0.2) is 58.8 Å². The summed E-state index contributed by atoms with van der Waals surface area (Å²) < 4.78 is 11.5. The minimum atomic E-state index is -0.395. The molecule has 1 fully saturated rings. The Morgan fingerprint density at radius 3 is 2.49 bits per heavy atom. The smallest absolute Gasteiger partial charge is 0.306 e. The average molecular weight is 619 g/mol. The molecule has 1 aliphatic carbocycles. The number of amides is 3. The van der Waals surface area contributed by atoms with Crippen molar-refractivity contribution in [3.63, 3.8) is 0 Å². The number of carbonyl (C=O) groups excluding carboxylic acids is 4. The van der Waals surface area contributed by atoms with E-state index in [4.69, 9.17) is 14.7 Å². The number of carbonyl (C=O) groups is 4. The molecule has 1 saturated carbocycles. The van der Waals surface area contributed by atoms with Gasteiger partial charge in [0, 0.05) is 31.4 Å². The van der Waals surface area contributed by atoms with E-state index in [1.807, 2.05) is 41.3 Å². The van der Waals surface area contributed by atoms with Crippen LogP contribution >= 0.6 is 0 Å². The van der Waals surface area contributed by atoms with Crippen molar-refractivity contribution >= 4 is 29.9 Å². The van der Waals surface area contributed by atoms with Crippen LogP contribution < -0.4 is 15.6 Å². The zero-order chi connectivity index (χ0) is 31.9. The molecule has 0 aromatic heterocycles. The Morgan fingerprint density at radius 1 is 0.978 bits per heavy atom. The number of nitrogens with zero attached hydrogens (tertiary/aromatic N) is 2. The van der Waals surface area contributed by atoms with Crippen molar-refractivity contribution in [1.29, 1.82) is 0 Å². The van der Waals surface area contributed by atoms with E-state index >= 15 is 0 Å². The van der Waals surface area contributed by atoms with Gasteiger partial charge in [-0.2, -0.15) is 5.10 Å². The van der Waals surface area contributed by atoms with Crippen molar-refractivity contribution in [2.75, 3.05) is 6.61 Å². The van der Waals surface area contributed by atoms with Crippen LogP contribution in [0.25, 0.3) is 0 Å². The zero-order valence-corrected chi connectivity index (χ0v) is 25.5. The molecule has 2 aromatic carbocycles. The summed E-state index contributed by atoms with van der Waals surface area (Å²) in [4.78, 5) is 51.0. The van der Waals surface area contributed by atoms with Crippen LogP contribution in [0, 0.1) is 0 Å². The summed E-state index contributed by atoms with van der Waals surface area (Å²) in [6, 6.07) is 14.3. The fourth-order valence-corrected chi connectivity index (χ4v) is 5.45. The maximum atomic E-state index is 13.2. The summed E-state index contributed by atoms with van der Waals surface area (Å²) in [6.45, 7) is 0.913. The highest BCUT2D eigenvalue weighted by molar-refractivity contribution is 5.95. The number of rotatable bonds is 12. The Bertz CT molecular complexity index is 1340. The van der Waals surface area contributed by atoms with Gasteiger partial charge in [-0.15, -0.1) is 0 Å². The van der Waals surface area contributed by atoms with Crippen molar-refractivity contribution in [3.8, 4) is 5.75 Å².